The fourth-order valence-electron chi connectivity index (χ4n) is 6.20. The van der Waals surface area contributed by atoms with E-state index in [1.54, 1.807) is 28.4 Å². The van der Waals surface area contributed by atoms with Gasteiger partial charge in [-0.1, -0.05) is 24.3 Å². The van der Waals surface area contributed by atoms with Crippen molar-refractivity contribution in [1.82, 2.24) is 0 Å². The number of aliphatic imine (C=N–C) groups is 1. The molecule has 0 saturated heterocycles. The average Bonchev–Trinajstić information content (AvgIpc) is 3.86. The smallest absolute Gasteiger partial charge is 0.230 e. The lowest BCUT2D eigenvalue weighted by Crippen LogP contribution is -2.46. The first kappa shape index (κ1) is 26.9. The minimum absolute atomic E-state index is 0.0118. The molecule has 0 radical (unpaired) electrons. The summed E-state index contributed by atoms with van der Waals surface area (Å²) in [6.45, 7) is 0. The summed E-state index contributed by atoms with van der Waals surface area (Å²) in [4.78, 5) is 35.3. The van der Waals surface area contributed by atoms with Crippen LogP contribution in [0.5, 0.6) is 23.0 Å². The molecule has 0 spiro atoms. The van der Waals surface area contributed by atoms with Crippen molar-refractivity contribution in [2.45, 2.75) is 37.6 Å². The van der Waals surface area contributed by atoms with Gasteiger partial charge < -0.3 is 23.8 Å². The summed E-state index contributed by atoms with van der Waals surface area (Å²) in [5.74, 6) is 1.51. The van der Waals surface area contributed by atoms with Crippen molar-refractivity contribution in [2.24, 2.45) is 16.8 Å². The Kier molecular flexibility index (Phi) is 7.15. The summed E-state index contributed by atoms with van der Waals surface area (Å²) >= 11 is 0. The van der Waals surface area contributed by atoms with Gasteiger partial charge >= 0.3 is 0 Å². The van der Waals surface area contributed by atoms with Crippen LogP contribution in [0.3, 0.4) is 0 Å². The number of ketones is 1. The Hall–Kier alpha value is -4.33. The molecule has 8 heteroatoms. The van der Waals surface area contributed by atoms with Crippen LogP contribution in [0.4, 0.5) is 11.4 Å². The number of anilines is 1. The molecule has 0 aromatic heterocycles. The maximum absolute atomic E-state index is 14.3. The summed E-state index contributed by atoms with van der Waals surface area (Å²) in [5.41, 5.74) is 3.98. The van der Waals surface area contributed by atoms with Crippen LogP contribution in [-0.2, 0) is 9.59 Å². The maximum atomic E-state index is 14.3. The van der Waals surface area contributed by atoms with Crippen molar-refractivity contribution in [2.75, 3.05) is 33.3 Å². The molecule has 3 unspecified atom stereocenters. The van der Waals surface area contributed by atoms with Crippen molar-refractivity contribution < 1.29 is 28.5 Å². The van der Waals surface area contributed by atoms with Gasteiger partial charge in [-0.05, 0) is 72.7 Å². The first-order chi connectivity index (χ1) is 20.0. The van der Waals surface area contributed by atoms with Crippen LogP contribution in [0.25, 0.3) is 0 Å². The third-order valence-electron chi connectivity index (χ3n) is 8.39. The zero-order chi connectivity index (χ0) is 28.7. The van der Waals surface area contributed by atoms with Gasteiger partial charge in [-0.15, -0.1) is 0 Å². The predicted octanol–water partition coefficient (Wildman–Crippen LogP) is 6.05. The molecular weight excluding hydrogens is 520 g/mol. The molecule has 0 N–H and O–H groups in total. The fourth-order valence-corrected chi connectivity index (χ4v) is 6.20. The summed E-state index contributed by atoms with van der Waals surface area (Å²) in [6.07, 6.45) is 2.62. The monoisotopic (exact) mass is 554 g/mol. The first-order valence-corrected chi connectivity index (χ1v) is 13.9. The van der Waals surface area contributed by atoms with Crippen LogP contribution >= 0.6 is 0 Å². The second-order valence-corrected chi connectivity index (χ2v) is 10.8. The Morgan fingerprint density at radius 2 is 1.51 bits per heavy atom. The van der Waals surface area contributed by atoms with Crippen LogP contribution in [0.1, 0.15) is 48.8 Å². The Morgan fingerprint density at radius 3 is 2.12 bits per heavy atom. The molecular formula is C33H34N2O6. The number of para-hydroxylation sites is 2. The number of fused-ring (bicyclic) bond motifs is 2. The van der Waals surface area contributed by atoms with Gasteiger partial charge in [0, 0.05) is 18.1 Å². The van der Waals surface area contributed by atoms with E-state index in [1.165, 1.54) is 0 Å². The van der Waals surface area contributed by atoms with Crippen LogP contribution in [0, 0.1) is 11.8 Å². The molecule has 1 heterocycles. The number of hydrogen-bond donors (Lipinski definition) is 0. The van der Waals surface area contributed by atoms with Gasteiger partial charge in [0.05, 0.1) is 51.8 Å². The van der Waals surface area contributed by atoms with Crippen LogP contribution < -0.4 is 23.8 Å². The summed E-state index contributed by atoms with van der Waals surface area (Å²) in [5, 5.41) is 0. The third-order valence-corrected chi connectivity index (χ3v) is 8.39. The first-order valence-electron chi connectivity index (χ1n) is 13.9. The molecule has 3 aliphatic rings. The third kappa shape index (κ3) is 4.81. The van der Waals surface area contributed by atoms with Crippen molar-refractivity contribution >= 4 is 28.8 Å². The van der Waals surface area contributed by atoms with E-state index in [1.807, 2.05) is 65.6 Å². The molecule has 6 rings (SSSR count). The molecule has 3 aromatic rings. The van der Waals surface area contributed by atoms with Gasteiger partial charge in [-0.3, -0.25) is 14.6 Å². The number of amides is 1. The van der Waals surface area contributed by atoms with Crippen LogP contribution in [0.15, 0.2) is 65.7 Å². The SMILES string of the molecule is COc1ccc(C2CC(=O)C3C(=Nc4ccccc4N(C(=O)C4CC4)C3c3cc(OC)c(OC)c(OC)c3)C2)cc1. The highest BCUT2D eigenvalue weighted by molar-refractivity contribution is 6.13. The molecule has 3 atom stereocenters. The van der Waals surface area contributed by atoms with Crippen molar-refractivity contribution in [3.63, 3.8) is 0 Å². The van der Waals surface area contributed by atoms with E-state index < -0.39 is 12.0 Å². The minimum Gasteiger partial charge on any atom is -0.497 e. The second-order valence-electron chi connectivity index (χ2n) is 10.8. The van der Waals surface area contributed by atoms with E-state index in [4.69, 9.17) is 23.9 Å². The van der Waals surface area contributed by atoms with E-state index in [0.29, 0.717) is 41.5 Å². The van der Waals surface area contributed by atoms with Crippen molar-refractivity contribution in [1.29, 1.82) is 0 Å². The zero-order valence-corrected chi connectivity index (χ0v) is 23.8. The topological polar surface area (TPSA) is 86.7 Å². The second kappa shape index (κ2) is 10.9. The Bertz CT molecular complexity index is 1490. The van der Waals surface area contributed by atoms with Gasteiger partial charge in [-0.25, -0.2) is 0 Å². The maximum Gasteiger partial charge on any atom is 0.230 e. The summed E-state index contributed by atoms with van der Waals surface area (Å²) < 4.78 is 22.3. The lowest BCUT2D eigenvalue weighted by molar-refractivity contribution is -0.123. The standard InChI is InChI=1S/C33H34N2O6/c1-38-23-13-11-19(12-14-23)21-15-25-30(27(36)16-21)31(22-17-28(39-2)32(41-4)29(18-22)40-3)35(33(37)20-9-10-20)26-8-6-5-7-24(26)34-25/h5-8,11-14,17-18,20-21,30-31H,9-10,15-16H2,1-4H3. The van der Waals surface area contributed by atoms with Crippen molar-refractivity contribution in [3.05, 3.63) is 71.8 Å². The summed E-state index contributed by atoms with van der Waals surface area (Å²) in [7, 11) is 6.32. The predicted molar refractivity (Wildman–Crippen MR) is 156 cm³/mol. The Balaban J connectivity index is 1.53. The lowest BCUT2D eigenvalue weighted by Gasteiger charge is -2.39. The molecule has 3 aromatic carbocycles. The molecule has 2 fully saturated rings. The lowest BCUT2D eigenvalue weighted by atomic mass is 9.72. The summed E-state index contributed by atoms with van der Waals surface area (Å²) in [6, 6.07) is 18.6. The number of benzene rings is 3. The number of carbonyl (C=O) groups excluding carboxylic acids is 2. The highest BCUT2D eigenvalue weighted by atomic mass is 16.5. The fraction of sp³-hybridized carbons (Fsp3) is 0.364. The molecule has 1 aliphatic heterocycles. The highest BCUT2D eigenvalue weighted by Crippen LogP contribution is 2.51. The average molecular weight is 555 g/mol. The molecule has 212 valence electrons. The Morgan fingerprint density at radius 1 is 0.829 bits per heavy atom. The number of carbonyl (C=O) groups is 2. The van der Waals surface area contributed by atoms with Gasteiger partial charge in [0.15, 0.2) is 11.5 Å². The minimum atomic E-state index is -0.623. The van der Waals surface area contributed by atoms with Gasteiger partial charge in [0.1, 0.15) is 11.5 Å². The van der Waals surface area contributed by atoms with E-state index >= 15 is 0 Å². The normalized spacial score (nSPS) is 21.7. The molecule has 8 nitrogen and oxygen atoms in total. The van der Waals surface area contributed by atoms with Gasteiger partial charge in [0.25, 0.3) is 0 Å². The zero-order valence-electron chi connectivity index (χ0n) is 23.8. The molecule has 1 amide bonds. The van der Waals surface area contributed by atoms with E-state index in [2.05, 4.69) is 0 Å². The van der Waals surface area contributed by atoms with Crippen LogP contribution in [0.2, 0.25) is 0 Å². The number of methoxy groups -OCH3 is 4. The number of rotatable bonds is 7. The van der Waals surface area contributed by atoms with Crippen molar-refractivity contribution in [3.8, 4) is 23.0 Å². The molecule has 0 bridgehead atoms. The number of nitrogens with zero attached hydrogens (tertiary/aromatic N) is 2. The quantitative estimate of drug-likeness (QED) is 0.353. The van der Waals surface area contributed by atoms with Crippen LogP contribution in [-0.4, -0.2) is 45.8 Å². The number of Topliss-reactive ketones (excluding diaryl/α,β-unsaturated/α-hetero) is 1. The van der Waals surface area contributed by atoms with E-state index in [-0.39, 0.29) is 23.5 Å². The van der Waals surface area contributed by atoms with E-state index in [0.717, 1.165) is 35.4 Å². The molecule has 41 heavy (non-hydrogen) atoms. The molecule has 2 saturated carbocycles. The Labute approximate surface area is 239 Å². The number of hydrogen-bond acceptors (Lipinski definition) is 7. The highest BCUT2D eigenvalue weighted by Gasteiger charge is 2.48. The van der Waals surface area contributed by atoms with Gasteiger partial charge in [0.2, 0.25) is 11.7 Å². The van der Waals surface area contributed by atoms with E-state index in [9.17, 15) is 9.59 Å². The largest absolute Gasteiger partial charge is 0.497 e. The molecule has 2 aliphatic carbocycles. The van der Waals surface area contributed by atoms with Gasteiger partial charge in [-0.2, -0.15) is 0 Å². The number of ether oxygens (including phenoxy) is 4.